The van der Waals surface area contributed by atoms with Crippen LogP contribution >= 0.6 is 22.9 Å². The lowest BCUT2D eigenvalue weighted by Gasteiger charge is -2.11. The van der Waals surface area contributed by atoms with E-state index in [9.17, 15) is 13.2 Å². The van der Waals surface area contributed by atoms with Gasteiger partial charge in [-0.15, -0.1) is 11.3 Å². The first-order chi connectivity index (χ1) is 16.6. The summed E-state index contributed by atoms with van der Waals surface area (Å²) in [6, 6.07) is 18.1. The van der Waals surface area contributed by atoms with E-state index in [1.165, 1.54) is 31.4 Å². The van der Waals surface area contributed by atoms with Crippen LogP contribution in [0, 0.1) is 13.8 Å². The topological polar surface area (TPSA) is 98.5 Å². The molecule has 180 valence electrons. The zero-order valence-electron chi connectivity index (χ0n) is 19.3. The highest BCUT2D eigenvalue weighted by molar-refractivity contribution is 7.92. The summed E-state index contributed by atoms with van der Waals surface area (Å²) in [5.41, 5.74) is 9.47. The molecule has 1 aromatic heterocycles. The van der Waals surface area contributed by atoms with Crippen molar-refractivity contribution in [3.05, 3.63) is 93.3 Å². The van der Waals surface area contributed by atoms with Crippen molar-refractivity contribution < 1.29 is 17.9 Å². The molecule has 0 radical (unpaired) electrons. The summed E-state index contributed by atoms with van der Waals surface area (Å²) >= 11 is 6.96. The third kappa shape index (κ3) is 4.91. The first-order valence-corrected chi connectivity index (χ1v) is 13.3. The number of ether oxygens (including phenoxy) is 1. The minimum absolute atomic E-state index is 0.0259. The van der Waals surface area contributed by atoms with Crippen LogP contribution in [0.4, 0.5) is 16.4 Å². The van der Waals surface area contributed by atoms with E-state index in [0.717, 1.165) is 22.5 Å². The van der Waals surface area contributed by atoms with Crippen molar-refractivity contribution in [1.29, 1.82) is 0 Å². The number of benzene rings is 3. The lowest BCUT2D eigenvalue weighted by Crippen LogP contribution is -2.08. The average molecular weight is 527 g/mol. The van der Waals surface area contributed by atoms with Gasteiger partial charge in [0, 0.05) is 16.3 Å². The Kier molecular flexibility index (Phi) is 6.89. The van der Waals surface area contributed by atoms with E-state index < -0.39 is 9.84 Å². The third-order valence-electron chi connectivity index (χ3n) is 5.62. The molecule has 0 saturated heterocycles. The Morgan fingerprint density at radius 3 is 2.23 bits per heavy atom. The number of nitrogens with one attached hydrogen (secondary N) is 1. The average Bonchev–Trinajstić information content (AvgIpc) is 3.17. The number of sulfone groups is 1. The number of anilines is 3. The van der Waals surface area contributed by atoms with Crippen molar-refractivity contribution >= 4 is 54.9 Å². The number of hydrogen-bond acceptors (Lipinski definition) is 7. The van der Waals surface area contributed by atoms with Gasteiger partial charge in [-0.25, -0.2) is 8.42 Å². The number of halogens is 1. The maximum absolute atomic E-state index is 13.7. The van der Waals surface area contributed by atoms with Crippen LogP contribution in [0.1, 0.15) is 26.4 Å². The zero-order valence-corrected chi connectivity index (χ0v) is 21.6. The number of hydrogen-bond donors (Lipinski definition) is 2. The Bertz CT molecular complexity index is 1510. The molecular formula is C26H23ClN2O4S2. The molecule has 3 aromatic carbocycles. The number of rotatable bonds is 7. The van der Waals surface area contributed by atoms with Gasteiger partial charge in [0.1, 0.15) is 20.5 Å². The van der Waals surface area contributed by atoms with Gasteiger partial charge in [0.15, 0.2) is 0 Å². The van der Waals surface area contributed by atoms with Crippen LogP contribution in [-0.4, -0.2) is 21.3 Å². The molecule has 0 aliphatic carbocycles. The number of methoxy groups -OCH3 is 1. The van der Waals surface area contributed by atoms with E-state index in [2.05, 4.69) is 5.32 Å². The van der Waals surface area contributed by atoms with Gasteiger partial charge >= 0.3 is 0 Å². The van der Waals surface area contributed by atoms with Gasteiger partial charge in [-0.2, -0.15) is 0 Å². The lowest BCUT2D eigenvalue weighted by atomic mass is 10.1. The second-order valence-electron chi connectivity index (χ2n) is 7.94. The third-order valence-corrected chi connectivity index (χ3v) is 8.97. The standard InChI is InChI=1S/C26H23ClN2O4S2/c1-15-4-9-19(14-16(15)2)29-26-25(35(31,32)21-12-7-18(27)8-13-21)22(28)24(34-26)23(30)17-5-10-20(33-3)11-6-17/h4-14,29H,28H2,1-3H3. The summed E-state index contributed by atoms with van der Waals surface area (Å²) in [6.07, 6.45) is 0. The van der Waals surface area contributed by atoms with Crippen LogP contribution in [0.5, 0.6) is 5.75 Å². The van der Waals surface area contributed by atoms with Gasteiger partial charge in [-0.05, 0) is 85.6 Å². The molecular weight excluding hydrogens is 504 g/mol. The van der Waals surface area contributed by atoms with E-state index >= 15 is 0 Å². The maximum Gasteiger partial charge on any atom is 0.211 e. The molecule has 0 spiro atoms. The quantitative estimate of drug-likeness (QED) is 0.270. The molecule has 0 bridgehead atoms. The van der Waals surface area contributed by atoms with Gasteiger partial charge in [0.05, 0.1) is 17.7 Å². The molecule has 35 heavy (non-hydrogen) atoms. The van der Waals surface area contributed by atoms with Crippen molar-refractivity contribution in [2.24, 2.45) is 0 Å². The van der Waals surface area contributed by atoms with E-state index in [1.54, 1.807) is 24.3 Å². The number of thiophene rings is 1. The number of carbonyl (C=O) groups excluding carboxylic acids is 1. The van der Waals surface area contributed by atoms with E-state index in [1.807, 2.05) is 32.0 Å². The molecule has 0 aliphatic heterocycles. The van der Waals surface area contributed by atoms with Gasteiger partial charge in [0.25, 0.3) is 0 Å². The minimum atomic E-state index is -4.07. The van der Waals surface area contributed by atoms with Crippen LogP contribution in [0.2, 0.25) is 5.02 Å². The maximum atomic E-state index is 13.7. The normalized spacial score (nSPS) is 11.3. The largest absolute Gasteiger partial charge is 0.497 e. The molecule has 0 fully saturated rings. The van der Waals surface area contributed by atoms with Gasteiger partial charge in [-0.1, -0.05) is 17.7 Å². The van der Waals surface area contributed by atoms with E-state index in [0.29, 0.717) is 22.0 Å². The number of aryl methyl sites for hydroxylation is 2. The molecule has 4 aromatic rings. The molecule has 4 rings (SSSR count). The molecule has 6 nitrogen and oxygen atoms in total. The fourth-order valence-electron chi connectivity index (χ4n) is 3.50. The molecule has 0 saturated carbocycles. The van der Waals surface area contributed by atoms with Gasteiger partial charge in [0.2, 0.25) is 15.6 Å². The fourth-order valence-corrected chi connectivity index (χ4v) is 6.56. The summed E-state index contributed by atoms with van der Waals surface area (Å²) in [5, 5.41) is 3.84. The van der Waals surface area contributed by atoms with Crippen molar-refractivity contribution in [3.63, 3.8) is 0 Å². The number of carbonyl (C=O) groups is 1. The molecule has 0 aliphatic rings. The van der Waals surface area contributed by atoms with Crippen LogP contribution in [0.15, 0.2) is 76.5 Å². The molecule has 0 atom stereocenters. The molecule has 9 heteroatoms. The Hall–Kier alpha value is -3.33. The van der Waals surface area contributed by atoms with Crippen LogP contribution < -0.4 is 15.8 Å². The zero-order chi connectivity index (χ0) is 25.3. The first kappa shape index (κ1) is 24.8. The predicted molar refractivity (Wildman–Crippen MR) is 141 cm³/mol. The Balaban J connectivity index is 1.86. The number of ketones is 1. The highest BCUT2D eigenvalue weighted by Gasteiger charge is 2.31. The summed E-state index contributed by atoms with van der Waals surface area (Å²) < 4.78 is 32.5. The summed E-state index contributed by atoms with van der Waals surface area (Å²) in [6.45, 7) is 3.96. The van der Waals surface area contributed by atoms with Crippen molar-refractivity contribution in [3.8, 4) is 5.75 Å². The minimum Gasteiger partial charge on any atom is -0.497 e. The van der Waals surface area contributed by atoms with Gasteiger partial charge in [-0.3, -0.25) is 4.79 Å². The Morgan fingerprint density at radius 2 is 1.63 bits per heavy atom. The molecule has 0 unspecified atom stereocenters. The van der Waals surface area contributed by atoms with Crippen LogP contribution in [0.3, 0.4) is 0 Å². The van der Waals surface area contributed by atoms with Crippen molar-refractivity contribution in [1.82, 2.24) is 0 Å². The van der Waals surface area contributed by atoms with Crippen molar-refractivity contribution in [2.45, 2.75) is 23.6 Å². The fraction of sp³-hybridized carbons (Fsp3) is 0.115. The SMILES string of the molecule is COc1ccc(C(=O)c2sc(Nc3ccc(C)c(C)c3)c(S(=O)(=O)c3ccc(Cl)cc3)c2N)cc1. The Morgan fingerprint density at radius 1 is 0.971 bits per heavy atom. The smallest absolute Gasteiger partial charge is 0.211 e. The highest BCUT2D eigenvalue weighted by atomic mass is 35.5. The molecule has 1 heterocycles. The van der Waals surface area contributed by atoms with Crippen molar-refractivity contribution in [2.75, 3.05) is 18.2 Å². The molecule has 0 amide bonds. The molecule has 3 N–H and O–H groups in total. The predicted octanol–water partition coefficient (Wildman–Crippen LogP) is 6.42. The van der Waals surface area contributed by atoms with Crippen LogP contribution in [0.25, 0.3) is 0 Å². The lowest BCUT2D eigenvalue weighted by molar-refractivity contribution is 0.104. The Labute approximate surface area is 213 Å². The number of nitrogen functional groups attached to an aromatic ring is 1. The van der Waals surface area contributed by atoms with Gasteiger partial charge < -0.3 is 15.8 Å². The monoisotopic (exact) mass is 526 g/mol. The van der Waals surface area contributed by atoms with E-state index in [-0.39, 0.29) is 31.1 Å². The second kappa shape index (κ2) is 9.73. The summed E-state index contributed by atoms with van der Waals surface area (Å²) in [4.78, 5) is 13.4. The van der Waals surface area contributed by atoms with E-state index in [4.69, 9.17) is 22.1 Å². The summed E-state index contributed by atoms with van der Waals surface area (Å²) in [7, 11) is -2.53. The first-order valence-electron chi connectivity index (χ1n) is 10.6. The summed E-state index contributed by atoms with van der Waals surface area (Å²) in [5.74, 6) is 0.222. The number of nitrogens with two attached hydrogens (primary N) is 1. The highest BCUT2D eigenvalue weighted by Crippen LogP contribution is 2.44. The second-order valence-corrected chi connectivity index (χ2v) is 11.3. The van der Waals surface area contributed by atoms with Crippen LogP contribution in [-0.2, 0) is 9.84 Å².